The van der Waals surface area contributed by atoms with Gasteiger partial charge in [-0.2, -0.15) is 0 Å². The van der Waals surface area contributed by atoms with E-state index in [0.717, 1.165) is 31.9 Å². The molecule has 1 fully saturated rings. The van der Waals surface area contributed by atoms with Crippen molar-refractivity contribution >= 4 is 5.69 Å². The third kappa shape index (κ3) is 3.97. The van der Waals surface area contributed by atoms with Crippen LogP contribution >= 0.6 is 0 Å². The first kappa shape index (κ1) is 15.7. The summed E-state index contributed by atoms with van der Waals surface area (Å²) in [5.41, 5.74) is 0.560. The number of nitro groups is 1. The molecule has 6 nitrogen and oxygen atoms in total. The van der Waals surface area contributed by atoms with Crippen LogP contribution in [0.4, 0.5) is 5.69 Å². The maximum absolute atomic E-state index is 11.1. The van der Waals surface area contributed by atoms with Crippen molar-refractivity contribution in [1.82, 2.24) is 5.32 Å². The molecule has 0 saturated carbocycles. The molecule has 1 aromatic carbocycles. The lowest BCUT2D eigenvalue weighted by Crippen LogP contribution is -2.28. The normalized spacial score (nSPS) is 18.0. The molecule has 122 valence electrons. The van der Waals surface area contributed by atoms with Crippen molar-refractivity contribution in [3.8, 4) is 11.3 Å². The van der Waals surface area contributed by atoms with Gasteiger partial charge in [-0.25, -0.2) is 0 Å². The number of furan rings is 1. The van der Waals surface area contributed by atoms with Gasteiger partial charge in [0, 0.05) is 19.2 Å². The van der Waals surface area contributed by atoms with E-state index in [1.807, 2.05) is 6.07 Å². The van der Waals surface area contributed by atoms with Gasteiger partial charge < -0.3 is 14.5 Å². The maximum atomic E-state index is 11.1. The SMILES string of the molecule is O=[N+]([O-])c1ccccc1-c1ccc(CNCC2CCCOC2)o1. The molecule has 0 amide bonds. The number of nitro benzene ring substituents is 1. The summed E-state index contributed by atoms with van der Waals surface area (Å²) in [5.74, 6) is 1.85. The highest BCUT2D eigenvalue weighted by Crippen LogP contribution is 2.30. The minimum atomic E-state index is -0.390. The van der Waals surface area contributed by atoms with Crippen LogP contribution in [0.5, 0.6) is 0 Å². The average molecular weight is 316 g/mol. The molecule has 1 aromatic heterocycles. The summed E-state index contributed by atoms with van der Waals surface area (Å²) in [4.78, 5) is 10.7. The summed E-state index contributed by atoms with van der Waals surface area (Å²) in [6, 6.07) is 10.2. The average Bonchev–Trinajstić information content (AvgIpc) is 3.04. The van der Waals surface area contributed by atoms with Gasteiger partial charge in [-0.05, 0) is 37.0 Å². The Morgan fingerprint density at radius 3 is 2.91 bits per heavy atom. The maximum Gasteiger partial charge on any atom is 0.280 e. The van der Waals surface area contributed by atoms with E-state index in [4.69, 9.17) is 9.15 Å². The second-order valence-corrected chi connectivity index (χ2v) is 5.75. The van der Waals surface area contributed by atoms with Gasteiger partial charge in [0.05, 0.1) is 23.6 Å². The van der Waals surface area contributed by atoms with Crippen molar-refractivity contribution in [2.24, 2.45) is 5.92 Å². The first-order valence-electron chi connectivity index (χ1n) is 7.85. The monoisotopic (exact) mass is 316 g/mol. The van der Waals surface area contributed by atoms with Crippen LogP contribution in [0.1, 0.15) is 18.6 Å². The Kier molecular flexibility index (Phi) is 5.05. The zero-order valence-electron chi connectivity index (χ0n) is 12.9. The highest BCUT2D eigenvalue weighted by Gasteiger charge is 2.17. The number of para-hydroxylation sites is 1. The smallest absolute Gasteiger partial charge is 0.280 e. The molecule has 0 aliphatic carbocycles. The summed E-state index contributed by atoms with van der Waals surface area (Å²) >= 11 is 0. The van der Waals surface area contributed by atoms with Gasteiger partial charge in [0.1, 0.15) is 11.5 Å². The molecule has 2 heterocycles. The summed E-state index contributed by atoms with van der Waals surface area (Å²) in [7, 11) is 0. The number of nitrogens with zero attached hydrogens (tertiary/aromatic N) is 1. The summed E-state index contributed by atoms with van der Waals surface area (Å²) in [6.45, 7) is 3.18. The number of rotatable bonds is 6. The van der Waals surface area contributed by atoms with Gasteiger partial charge in [0.2, 0.25) is 0 Å². The molecule has 0 spiro atoms. The zero-order chi connectivity index (χ0) is 16.1. The van der Waals surface area contributed by atoms with Crippen LogP contribution < -0.4 is 5.32 Å². The number of hydrogen-bond acceptors (Lipinski definition) is 5. The molecule has 1 unspecified atom stereocenters. The van der Waals surface area contributed by atoms with Crippen LogP contribution in [0.2, 0.25) is 0 Å². The standard InChI is InChI=1S/C17H20N2O4/c20-19(21)16-6-2-1-5-15(16)17-8-7-14(23-17)11-18-10-13-4-3-9-22-12-13/h1-2,5-8,13,18H,3-4,9-12H2. The van der Waals surface area contributed by atoms with E-state index in [1.165, 1.54) is 12.5 Å². The number of ether oxygens (including phenoxy) is 1. The third-order valence-electron chi connectivity index (χ3n) is 4.01. The molecule has 2 aromatic rings. The predicted octanol–water partition coefficient (Wildman–Crippen LogP) is 3.37. The minimum absolute atomic E-state index is 0.0562. The predicted molar refractivity (Wildman–Crippen MR) is 86.0 cm³/mol. The van der Waals surface area contributed by atoms with Gasteiger partial charge in [-0.15, -0.1) is 0 Å². The van der Waals surface area contributed by atoms with Crippen LogP contribution in [-0.2, 0) is 11.3 Å². The lowest BCUT2D eigenvalue weighted by molar-refractivity contribution is -0.384. The molecule has 0 bridgehead atoms. The molecular formula is C17H20N2O4. The van der Waals surface area contributed by atoms with Gasteiger partial charge in [0.15, 0.2) is 0 Å². The molecule has 1 atom stereocenters. The van der Waals surface area contributed by atoms with Crippen molar-refractivity contribution in [1.29, 1.82) is 0 Å². The fraction of sp³-hybridized carbons (Fsp3) is 0.412. The highest BCUT2D eigenvalue weighted by molar-refractivity contribution is 5.69. The molecule has 1 saturated heterocycles. The van der Waals surface area contributed by atoms with Crippen molar-refractivity contribution < 1.29 is 14.1 Å². The second-order valence-electron chi connectivity index (χ2n) is 5.75. The van der Waals surface area contributed by atoms with Crippen molar-refractivity contribution in [2.45, 2.75) is 19.4 Å². The van der Waals surface area contributed by atoms with Gasteiger partial charge >= 0.3 is 0 Å². The summed E-state index contributed by atoms with van der Waals surface area (Å²) < 4.78 is 11.2. The van der Waals surface area contributed by atoms with E-state index in [9.17, 15) is 10.1 Å². The van der Waals surface area contributed by atoms with E-state index in [-0.39, 0.29) is 5.69 Å². The Morgan fingerprint density at radius 2 is 2.13 bits per heavy atom. The van der Waals surface area contributed by atoms with Crippen molar-refractivity contribution in [3.63, 3.8) is 0 Å². The van der Waals surface area contributed by atoms with Crippen LogP contribution in [0.15, 0.2) is 40.8 Å². The molecule has 0 radical (unpaired) electrons. The van der Waals surface area contributed by atoms with Gasteiger partial charge in [-0.1, -0.05) is 12.1 Å². The van der Waals surface area contributed by atoms with Crippen LogP contribution in [0, 0.1) is 16.0 Å². The summed E-state index contributed by atoms with van der Waals surface area (Å²) in [5, 5.41) is 14.5. The van der Waals surface area contributed by atoms with Crippen LogP contribution in [0.3, 0.4) is 0 Å². The first-order chi connectivity index (χ1) is 11.2. The second kappa shape index (κ2) is 7.39. The third-order valence-corrected chi connectivity index (χ3v) is 4.01. The topological polar surface area (TPSA) is 77.5 Å². The Labute approximate surface area is 134 Å². The molecule has 1 aliphatic rings. The van der Waals surface area contributed by atoms with Crippen LogP contribution in [0.25, 0.3) is 11.3 Å². The van der Waals surface area contributed by atoms with Gasteiger partial charge in [-0.3, -0.25) is 10.1 Å². The fourth-order valence-corrected chi connectivity index (χ4v) is 2.83. The summed E-state index contributed by atoms with van der Waals surface area (Å²) in [6.07, 6.45) is 2.31. The Bertz CT molecular complexity index is 662. The van der Waals surface area contributed by atoms with E-state index in [2.05, 4.69) is 5.32 Å². The fourth-order valence-electron chi connectivity index (χ4n) is 2.83. The van der Waals surface area contributed by atoms with Crippen molar-refractivity contribution in [2.75, 3.05) is 19.8 Å². The molecule has 3 rings (SSSR count). The quantitative estimate of drug-likeness (QED) is 0.653. The van der Waals surface area contributed by atoms with Gasteiger partial charge in [0.25, 0.3) is 5.69 Å². The number of nitrogens with one attached hydrogen (secondary N) is 1. The lowest BCUT2D eigenvalue weighted by atomic mass is 10.0. The largest absolute Gasteiger partial charge is 0.459 e. The van der Waals surface area contributed by atoms with E-state index >= 15 is 0 Å². The minimum Gasteiger partial charge on any atom is -0.459 e. The van der Waals surface area contributed by atoms with Crippen LogP contribution in [-0.4, -0.2) is 24.7 Å². The lowest BCUT2D eigenvalue weighted by Gasteiger charge is -2.21. The molecule has 1 N–H and O–H groups in total. The Morgan fingerprint density at radius 1 is 1.26 bits per heavy atom. The number of benzene rings is 1. The Hall–Kier alpha value is -2.18. The zero-order valence-corrected chi connectivity index (χ0v) is 12.9. The molecule has 23 heavy (non-hydrogen) atoms. The molecule has 6 heteroatoms. The first-order valence-corrected chi connectivity index (χ1v) is 7.85. The van der Waals surface area contributed by atoms with E-state index < -0.39 is 4.92 Å². The molecular weight excluding hydrogens is 296 g/mol. The molecule has 1 aliphatic heterocycles. The highest BCUT2D eigenvalue weighted by atomic mass is 16.6. The van der Waals surface area contributed by atoms with E-state index in [0.29, 0.717) is 23.8 Å². The number of hydrogen-bond donors (Lipinski definition) is 1. The van der Waals surface area contributed by atoms with E-state index in [1.54, 1.807) is 24.3 Å². The van der Waals surface area contributed by atoms with Crippen molar-refractivity contribution in [3.05, 3.63) is 52.3 Å². The Balaban J connectivity index is 1.61.